The van der Waals surface area contributed by atoms with E-state index in [9.17, 15) is 4.79 Å². The van der Waals surface area contributed by atoms with Crippen LogP contribution in [0.15, 0.2) is 18.2 Å². The average Bonchev–Trinajstić information content (AvgIpc) is 2.33. The highest BCUT2D eigenvalue weighted by Gasteiger charge is 2.14. The summed E-state index contributed by atoms with van der Waals surface area (Å²) in [6, 6.07) is 5.23. The van der Waals surface area contributed by atoms with Crippen molar-refractivity contribution in [2.24, 2.45) is 0 Å². The van der Waals surface area contributed by atoms with Crippen LogP contribution < -0.4 is 10.1 Å². The molecule has 0 aliphatic rings. The number of anilines is 1. The van der Waals surface area contributed by atoms with Crippen LogP contribution in [0.25, 0.3) is 0 Å². The first-order valence-corrected chi connectivity index (χ1v) is 4.70. The zero-order valence-corrected chi connectivity index (χ0v) is 9.52. The molecule has 0 spiro atoms. The fraction of sp³-hybridized carbons (Fsp3) is 0.364. The maximum Gasteiger partial charge on any atom is 0.211 e. The molecule has 0 bridgehead atoms. The van der Waals surface area contributed by atoms with Gasteiger partial charge in [0.2, 0.25) is 6.41 Å². The number of rotatable bonds is 6. The average molecular weight is 225 g/mol. The smallest absolute Gasteiger partial charge is 0.211 e. The van der Waals surface area contributed by atoms with Gasteiger partial charge in [0.25, 0.3) is 0 Å². The summed E-state index contributed by atoms with van der Waals surface area (Å²) < 4.78 is 15.4. The topological polar surface area (TPSA) is 56.8 Å². The van der Waals surface area contributed by atoms with E-state index in [1.165, 1.54) is 14.2 Å². The van der Waals surface area contributed by atoms with Gasteiger partial charge in [0.05, 0.1) is 7.11 Å². The third kappa shape index (κ3) is 2.71. The predicted octanol–water partition coefficient (Wildman–Crippen LogP) is 1.55. The highest BCUT2D eigenvalue weighted by molar-refractivity contribution is 5.74. The molecule has 0 aromatic heterocycles. The SMILES string of the molecule is COc1ccc(NC=O)c(C(OC)OC)c1. The van der Waals surface area contributed by atoms with E-state index in [4.69, 9.17) is 14.2 Å². The first-order valence-electron chi connectivity index (χ1n) is 4.70. The van der Waals surface area contributed by atoms with Gasteiger partial charge in [-0.15, -0.1) is 0 Å². The minimum atomic E-state index is -0.544. The lowest BCUT2D eigenvalue weighted by Crippen LogP contribution is -2.08. The lowest BCUT2D eigenvalue weighted by molar-refractivity contribution is -0.106. The Bertz CT molecular complexity index is 350. The van der Waals surface area contributed by atoms with Crippen LogP contribution in [0.2, 0.25) is 0 Å². The maximum atomic E-state index is 10.5. The third-order valence-electron chi connectivity index (χ3n) is 2.16. The fourth-order valence-electron chi connectivity index (χ4n) is 1.41. The minimum Gasteiger partial charge on any atom is -0.497 e. The molecule has 1 aromatic carbocycles. The van der Waals surface area contributed by atoms with E-state index in [2.05, 4.69) is 5.32 Å². The molecule has 0 radical (unpaired) electrons. The number of carbonyl (C=O) groups excluding carboxylic acids is 1. The Morgan fingerprint density at radius 1 is 1.25 bits per heavy atom. The van der Waals surface area contributed by atoms with Crippen LogP contribution in [0.1, 0.15) is 11.9 Å². The molecule has 88 valence electrons. The molecule has 5 nitrogen and oxygen atoms in total. The van der Waals surface area contributed by atoms with Gasteiger partial charge in [0.15, 0.2) is 6.29 Å². The van der Waals surface area contributed by atoms with Crippen LogP contribution in [-0.2, 0) is 14.3 Å². The monoisotopic (exact) mass is 225 g/mol. The molecular formula is C11H15NO4. The molecule has 0 saturated heterocycles. The van der Waals surface area contributed by atoms with Crippen LogP contribution in [0, 0.1) is 0 Å². The van der Waals surface area contributed by atoms with Crippen LogP contribution >= 0.6 is 0 Å². The zero-order valence-electron chi connectivity index (χ0n) is 9.52. The molecule has 0 atom stereocenters. The Balaban J connectivity index is 3.12. The lowest BCUT2D eigenvalue weighted by Gasteiger charge is -2.17. The van der Waals surface area contributed by atoms with Gasteiger partial charge in [-0.3, -0.25) is 4.79 Å². The van der Waals surface area contributed by atoms with E-state index in [0.717, 1.165) is 0 Å². The Hall–Kier alpha value is -1.59. The number of amides is 1. The highest BCUT2D eigenvalue weighted by Crippen LogP contribution is 2.29. The van der Waals surface area contributed by atoms with Crippen molar-refractivity contribution in [3.63, 3.8) is 0 Å². The molecule has 1 rings (SSSR count). The standard InChI is InChI=1S/C11H15NO4/c1-14-8-4-5-10(12-7-13)9(6-8)11(15-2)16-3/h4-7,11H,1-3H3,(H,12,13). The van der Waals surface area contributed by atoms with Crippen molar-refractivity contribution in [3.05, 3.63) is 23.8 Å². The summed E-state index contributed by atoms with van der Waals surface area (Å²) in [5.41, 5.74) is 1.33. The molecule has 1 aromatic rings. The van der Waals surface area contributed by atoms with E-state index >= 15 is 0 Å². The molecule has 0 saturated carbocycles. The van der Waals surface area contributed by atoms with Crippen molar-refractivity contribution >= 4 is 12.1 Å². The predicted molar refractivity (Wildman–Crippen MR) is 59.4 cm³/mol. The van der Waals surface area contributed by atoms with E-state index in [1.807, 2.05) is 0 Å². The molecule has 0 aliphatic carbocycles. The van der Waals surface area contributed by atoms with Crippen molar-refractivity contribution < 1.29 is 19.0 Å². The van der Waals surface area contributed by atoms with Gasteiger partial charge < -0.3 is 19.5 Å². The summed E-state index contributed by atoms with van der Waals surface area (Å²) >= 11 is 0. The Morgan fingerprint density at radius 2 is 1.94 bits per heavy atom. The maximum absolute atomic E-state index is 10.5. The van der Waals surface area contributed by atoms with Gasteiger partial charge in [0.1, 0.15) is 5.75 Å². The summed E-state index contributed by atoms with van der Waals surface area (Å²) in [5.74, 6) is 0.672. The Labute approximate surface area is 94.3 Å². The molecule has 0 heterocycles. The lowest BCUT2D eigenvalue weighted by atomic mass is 10.1. The summed E-state index contributed by atoms with van der Waals surface area (Å²) in [6.07, 6.45) is 0.0609. The molecule has 5 heteroatoms. The first kappa shape index (κ1) is 12.5. The Kier molecular flexibility index (Phi) is 4.75. The molecule has 1 amide bonds. The summed E-state index contributed by atoms with van der Waals surface area (Å²) in [4.78, 5) is 10.5. The number of carbonyl (C=O) groups is 1. The molecular weight excluding hydrogens is 210 g/mol. The fourth-order valence-corrected chi connectivity index (χ4v) is 1.41. The van der Waals surface area contributed by atoms with Crippen molar-refractivity contribution in [2.45, 2.75) is 6.29 Å². The second-order valence-corrected chi connectivity index (χ2v) is 3.02. The Morgan fingerprint density at radius 3 is 2.44 bits per heavy atom. The van der Waals surface area contributed by atoms with E-state index < -0.39 is 6.29 Å². The van der Waals surface area contributed by atoms with E-state index in [0.29, 0.717) is 23.4 Å². The largest absolute Gasteiger partial charge is 0.497 e. The molecule has 16 heavy (non-hydrogen) atoms. The van der Waals surface area contributed by atoms with Gasteiger partial charge in [0, 0.05) is 25.5 Å². The van der Waals surface area contributed by atoms with Crippen molar-refractivity contribution in [2.75, 3.05) is 26.6 Å². The van der Waals surface area contributed by atoms with Gasteiger partial charge >= 0.3 is 0 Å². The third-order valence-corrected chi connectivity index (χ3v) is 2.16. The quantitative estimate of drug-likeness (QED) is 0.589. The molecule has 1 N–H and O–H groups in total. The van der Waals surface area contributed by atoms with Gasteiger partial charge in [-0.25, -0.2) is 0 Å². The van der Waals surface area contributed by atoms with Gasteiger partial charge in [-0.1, -0.05) is 0 Å². The van der Waals surface area contributed by atoms with Crippen LogP contribution in [0.4, 0.5) is 5.69 Å². The molecule has 0 fully saturated rings. The highest BCUT2D eigenvalue weighted by atomic mass is 16.7. The van der Waals surface area contributed by atoms with Crippen molar-refractivity contribution in [3.8, 4) is 5.75 Å². The van der Waals surface area contributed by atoms with Gasteiger partial charge in [-0.05, 0) is 18.2 Å². The number of ether oxygens (including phenoxy) is 3. The number of nitrogens with one attached hydrogen (secondary N) is 1. The summed E-state index contributed by atoms with van der Waals surface area (Å²) in [7, 11) is 4.62. The van der Waals surface area contributed by atoms with Crippen LogP contribution in [0.5, 0.6) is 5.75 Å². The second-order valence-electron chi connectivity index (χ2n) is 3.02. The van der Waals surface area contributed by atoms with Crippen LogP contribution in [0.3, 0.4) is 0 Å². The van der Waals surface area contributed by atoms with E-state index in [-0.39, 0.29) is 0 Å². The van der Waals surface area contributed by atoms with E-state index in [1.54, 1.807) is 25.3 Å². The summed E-state index contributed by atoms with van der Waals surface area (Å²) in [6.45, 7) is 0. The first-order chi connectivity index (χ1) is 7.76. The number of hydrogen-bond acceptors (Lipinski definition) is 4. The summed E-state index contributed by atoms with van der Waals surface area (Å²) in [5, 5.41) is 2.58. The molecule has 0 unspecified atom stereocenters. The van der Waals surface area contributed by atoms with Crippen molar-refractivity contribution in [1.29, 1.82) is 0 Å². The van der Waals surface area contributed by atoms with Crippen LogP contribution in [-0.4, -0.2) is 27.7 Å². The molecule has 0 aliphatic heterocycles. The normalized spacial score (nSPS) is 10.2. The van der Waals surface area contributed by atoms with Crippen molar-refractivity contribution in [1.82, 2.24) is 0 Å². The number of methoxy groups -OCH3 is 3. The second kappa shape index (κ2) is 6.09. The number of hydrogen-bond donors (Lipinski definition) is 1. The minimum absolute atomic E-state index is 0.544. The number of benzene rings is 1. The van der Waals surface area contributed by atoms with Gasteiger partial charge in [-0.2, -0.15) is 0 Å². The zero-order chi connectivity index (χ0) is 12.0.